The molecule has 1 atom stereocenters. The number of urea groups is 1. The van der Waals surface area contributed by atoms with Crippen LogP contribution in [0, 0.1) is 0 Å². The molecule has 2 N–H and O–H groups in total. The van der Waals surface area contributed by atoms with E-state index in [1.54, 1.807) is 7.05 Å². The molecule has 0 saturated heterocycles. The zero-order chi connectivity index (χ0) is 17.4. The SMILES string of the molecule is CC(C(=O)O)N(C)C(=O)CCNC(=O)N(C)Cc1ccccc1. The highest BCUT2D eigenvalue weighted by molar-refractivity contribution is 5.83. The number of carbonyl (C=O) groups excluding carboxylic acids is 2. The largest absolute Gasteiger partial charge is 0.480 e. The van der Waals surface area contributed by atoms with Crippen molar-refractivity contribution in [3.8, 4) is 0 Å². The first kappa shape index (κ1) is 18.5. The zero-order valence-corrected chi connectivity index (χ0v) is 13.7. The van der Waals surface area contributed by atoms with Crippen LogP contribution in [0.15, 0.2) is 30.3 Å². The van der Waals surface area contributed by atoms with E-state index in [0.29, 0.717) is 6.54 Å². The predicted molar refractivity (Wildman–Crippen MR) is 85.8 cm³/mol. The van der Waals surface area contributed by atoms with Gasteiger partial charge in [-0.3, -0.25) is 4.79 Å². The van der Waals surface area contributed by atoms with Gasteiger partial charge in [0.05, 0.1) is 0 Å². The number of carboxylic acids is 1. The molecule has 0 aliphatic rings. The number of likely N-dealkylation sites (N-methyl/N-ethyl adjacent to an activating group) is 1. The summed E-state index contributed by atoms with van der Waals surface area (Å²) in [6.45, 7) is 2.07. The average molecular weight is 321 g/mol. The normalized spacial score (nSPS) is 11.4. The van der Waals surface area contributed by atoms with Gasteiger partial charge in [-0.05, 0) is 12.5 Å². The molecule has 1 aromatic rings. The lowest BCUT2D eigenvalue weighted by molar-refractivity contribution is -0.148. The highest BCUT2D eigenvalue weighted by atomic mass is 16.4. The molecule has 0 spiro atoms. The quantitative estimate of drug-likeness (QED) is 0.788. The molecule has 0 aromatic heterocycles. The highest BCUT2D eigenvalue weighted by Gasteiger charge is 2.21. The molecule has 0 radical (unpaired) electrons. The summed E-state index contributed by atoms with van der Waals surface area (Å²) in [7, 11) is 3.10. The summed E-state index contributed by atoms with van der Waals surface area (Å²) in [6.07, 6.45) is 0.0546. The van der Waals surface area contributed by atoms with Crippen molar-refractivity contribution in [1.29, 1.82) is 0 Å². The number of carbonyl (C=O) groups is 3. The van der Waals surface area contributed by atoms with E-state index in [-0.39, 0.29) is 24.9 Å². The molecule has 0 aliphatic carbocycles. The van der Waals surface area contributed by atoms with Gasteiger partial charge >= 0.3 is 12.0 Å². The lowest BCUT2D eigenvalue weighted by atomic mass is 10.2. The molecule has 0 heterocycles. The van der Waals surface area contributed by atoms with Crippen LogP contribution in [0.1, 0.15) is 18.9 Å². The zero-order valence-electron chi connectivity index (χ0n) is 13.7. The molecule has 0 saturated carbocycles. The van der Waals surface area contributed by atoms with Crippen LogP contribution < -0.4 is 5.32 Å². The van der Waals surface area contributed by atoms with Gasteiger partial charge in [0, 0.05) is 33.6 Å². The van der Waals surface area contributed by atoms with E-state index in [1.807, 2.05) is 30.3 Å². The van der Waals surface area contributed by atoms with Gasteiger partial charge < -0.3 is 20.2 Å². The molecule has 1 unspecified atom stereocenters. The highest BCUT2D eigenvalue weighted by Crippen LogP contribution is 2.03. The number of nitrogens with one attached hydrogen (secondary N) is 1. The van der Waals surface area contributed by atoms with Crippen LogP contribution in [0.4, 0.5) is 4.79 Å². The molecule has 126 valence electrons. The summed E-state index contributed by atoms with van der Waals surface area (Å²) in [4.78, 5) is 37.3. The smallest absolute Gasteiger partial charge is 0.326 e. The van der Waals surface area contributed by atoms with Gasteiger partial charge in [0.1, 0.15) is 6.04 Å². The molecule has 1 aromatic carbocycles. The molecular formula is C16H23N3O4. The number of nitrogens with zero attached hydrogens (tertiary/aromatic N) is 2. The summed E-state index contributed by atoms with van der Waals surface area (Å²) < 4.78 is 0. The van der Waals surface area contributed by atoms with Crippen molar-refractivity contribution in [2.24, 2.45) is 0 Å². The average Bonchev–Trinajstić information content (AvgIpc) is 2.53. The molecule has 0 fully saturated rings. The van der Waals surface area contributed by atoms with Gasteiger partial charge in [-0.15, -0.1) is 0 Å². The minimum atomic E-state index is -1.06. The summed E-state index contributed by atoms with van der Waals surface area (Å²) in [5.41, 5.74) is 1.01. The number of rotatable bonds is 7. The van der Waals surface area contributed by atoms with Gasteiger partial charge in [0.15, 0.2) is 0 Å². The van der Waals surface area contributed by atoms with Crippen molar-refractivity contribution in [2.45, 2.75) is 25.9 Å². The maximum atomic E-state index is 11.9. The Morgan fingerprint density at radius 3 is 2.35 bits per heavy atom. The van der Waals surface area contributed by atoms with E-state index >= 15 is 0 Å². The summed E-state index contributed by atoms with van der Waals surface area (Å²) >= 11 is 0. The van der Waals surface area contributed by atoms with Crippen LogP contribution in [-0.2, 0) is 16.1 Å². The fraction of sp³-hybridized carbons (Fsp3) is 0.438. The Balaban J connectivity index is 2.35. The van der Waals surface area contributed by atoms with E-state index in [1.165, 1.54) is 18.9 Å². The second kappa shape index (κ2) is 8.77. The second-order valence-electron chi connectivity index (χ2n) is 5.34. The third-order valence-corrected chi connectivity index (χ3v) is 3.56. The van der Waals surface area contributed by atoms with E-state index < -0.39 is 12.0 Å². The Labute approximate surface area is 135 Å². The first-order chi connectivity index (χ1) is 10.8. The van der Waals surface area contributed by atoms with E-state index in [4.69, 9.17) is 5.11 Å². The standard InChI is InChI=1S/C16H23N3O4/c1-12(15(21)22)19(3)14(20)9-10-17-16(23)18(2)11-13-7-5-4-6-8-13/h4-8,12H,9-11H2,1-3H3,(H,17,23)(H,21,22). The minimum Gasteiger partial charge on any atom is -0.480 e. The van der Waals surface area contributed by atoms with Crippen LogP contribution in [0.25, 0.3) is 0 Å². The van der Waals surface area contributed by atoms with Gasteiger partial charge in [-0.1, -0.05) is 30.3 Å². The van der Waals surface area contributed by atoms with E-state index in [0.717, 1.165) is 10.5 Å². The van der Waals surface area contributed by atoms with Crippen LogP contribution >= 0.6 is 0 Å². The van der Waals surface area contributed by atoms with Crippen LogP contribution in [0.3, 0.4) is 0 Å². The second-order valence-corrected chi connectivity index (χ2v) is 5.34. The summed E-state index contributed by atoms with van der Waals surface area (Å²) in [6, 6.07) is 8.39. The van der Waals surface area contributed by atoms with Crippen molar-refractivity contribution in [3.63, 3.8) is 0 Å². The first-order valence-corrected chi connectivity index (χ1v) is 7.34. The Kier molecular flexibility index (Phi) is 7.05. The fourth-order valence-corrected chi connectivity index (χ4v) is 1.90. The topological polar surface area (TPSA) is 90.0 Å². The molecule has 7 nitrogen and oxygen atoms in total. The number of hydrogen-bond donors (Lipinski definition) is 2. The molecule has 0 aliphatic heterocycles. The van der Waals surface area contributed by atoms with Crippen molar-refractivity contribution in [2.75, 3.05) is 20.6 Å². The van der Waals surface area contributed by atoms with E-state index in [2.05, 4.69) is 5.32 Å². The molecule has 0 bridgehead atoms. The third-order valence-electron chi connectivity index (χ3n) is 3.56. The van der Waals surface area contributed by atoms with Crippen molar-refractivity contribution in [3.05, 3.63) is 35.9 Å². The summed E-state index contributed by atoms with van der Waals surface area (Å²) in [5.74, 6) is -1.39. The first-order valence-electron chi connectivity index (χ1n) is 7.34. The van der Waals surface area contributed by atoms with Crippen LogP contribution in [0.5, 0.6) is 0 Å². The molecular weight excluding hydrogens is 298 g/mol. The van der Waals surface area contributed by atoms with Gasteiger partial charge in [-0.25, -0.2) is 9.59 Å². The lowest BCUT2D eigenvalue weighted by Gasteiger charge is -2.22. The lowest BCUT2D eigenvalue weighted by Crippen LogP contribution is -2.42. The Morgan fingerprint density at radius 1 is 1.17 bits per heavy atom. The number of amides is 3. The maximum Gasteiger partial charge on any atom is 0.326 e. The third kappa shape index (κ3) is 5.98. The predicted octanol–water partition coefficient (Wildman–Crippen LogP) is 1.15. The number of aliphatic carboxylic acids is 1. The van der Waals surface area contributed by atoms with Crippen molar-refractivity contribution in [1.82, 2.24) is 15.1 Å². The summed E-state index contributed by atoms with van der Waals surface area (Å²) in [5, 5.41) is 11.5. The Bertz CT molecular complexity index is 548. The Morgan fingerprint density at radius 2 is 1.78 bits per heavy atom. The van der Waals surface area contributed by atoms with Gasteiger partial charge in [-0.2, -0.15) is 0 Å². The van der Waals surface area contributed by atoms with E-state index in [9.17, 15) is 14.4 Å². The van der Waals surface area contributed by atoms with Gasteiger partial charge in [0.2, 0.25) is 5.91 Å². The Hall–Kier alpha value is -2.57. The van der Waals surface area contributed by atoms with Gasteiger partial charge in [0.25, 0.3) is 0 Å². The number of carboxylic acid groups (broad SMARTS) is 1. The molecule has 23 heavy (non-hydrogen) atoms. The molecule has 7 heteroatoms. The van der Waals surface area contributed by atoms with Crippen LogP contribution in [0.2, 0.25) is 0 Å². The fourth-order valence-electron chi connectivity index (χ4n) is 1.90. The molecule has 1 rings (SSSR count). The maximum absolute atomic E-state index is 11.9. The minimum absolute atomic E-state index is 0.0546. The molecule has 3 amide bonds. The number of benzene rings is 1. The monoisotopic (exact) mass is 321 g/mol. The van der Waals surface area contributed by atoms with Crippen LogP contribution in [-0.4, -0.2) is 59.5 Å². The van der Waals surface area contributed by atoms with Crippen molar-refractivity contribution < 1.29 is 19.5 Å². The van der Waals surface area contributed by atoms with Crippen molar-refractivity contribution >= 4 is 17.9 Å². The number of hydrogen-bond acceptors (Lipinski definition) is 3.